The number of benzene rings is 5. The van der Waals surface area contributed by atoms with Gasteiger partial charge in [0, 0.05) is 5.69 Å². The van der Waals surface area contributed by atoms with E-state index in [4.69, 9.17) is 4.28 Å². The fourth-order valence-electron chi connectivity index (χ4n) is 5.21. The number of rotatable bonds is 11. The molecule has 5 aromatic rings. The molecule has 6 rings (SSSR count). The molecule has 0 fully saturated rings. The topological polar surface area (TPSA) is 194 Å². The summed E-state index contributed by atoms with van der Waals surface area (Å²) in [4.78, 5) is 3.53. The Kier molecular flexibility index (Phi) is 14.6. The molecule has 0 unspecified atom stereocenters. The molecule has 54 heavy (non-hydrogen) atoms. The molecule has 2 N–H and O–H groups in total. The quantitative estimate of drug-likeness (QED) is 0.108. The van der Waals surface area contributed by atoms with Crippen LogP contribution in [0.3, 0.4) is 0 Å². The maximum atomic E-state index is 12.6. The van der Waals surface area contributed by atoms with E-state index in [1.807, 2.05) is 0 Å². The Hall–Kier alpha value is -3.68. The van der Waals surface area contributed by atoms with Gasteiger partial charge in [0.05, 0.1) is 37.5 Å². The molecule has 0 heterocycles. The summed E-state index contributed by atoms with van der Waals surface area (Å²) in [6.45, 7) is 0. The van der Waals surface area contributed by atoms with Crippen LogP contribution < -0.4 is 69.9 Å². The van der Waals surface area contributed by atoms with Crippen molar-refractivity contribution in [3.05, 3.63) is 168 Å². The zero-order chi connectivity index (χ0) is 36.9. The smallest absolute Gasteiger partial charge is 0.744 e. The monoisotopic (exact) mass is 799 g/mol. The van der Waals surface area contributed by atoms with E-state index in [0.29, 0.717) is 22.6 Å². The van der Waals surface area contributed by atoms with Gasteiger partial charge in [0.2, 0.25) is 0 Å². The van der Waals surface area contributed by atoms with Gasteiger partial charge in [0.15, 0.2) is 0 Å². The van der Waals surface area contributed by atoms with Crippen molar-refractivity contribution in [1.29, 1.82) is 0 Å². The largest absolute Gasteiger partial charge is 1.00 e. The average Bonchev–Trinajstić information content (AvgIpc) is 3.13. The van der Waals surface area contributed by atoms with Gasteiger partial charge in [-0.25, -0.2) is 27.3 Å². The molecule has 1 aliphatic rings. The summed E-state index contributed by atoms with van der Waals surface area (Å²) in [7, 11) is -13.6. The number of nitrogens with one attached hydrogen (secondary N) is 2. The fraction of sp³-hybridized carbons (Fsp3) is 0. The Labute approximate surface area is 357 Å². The van der Waals surface area contributed by atoms with Crippen LogP contribution in [0.15, 0.2) is 177 Å². The minimum absolute atomic E-state index is 0. The number of anilines is 3. The van der Waals surface area contributed by atoms with Gasteiger partial charge in [-0.1, -0.05) is 78.9 Å². The molecule has 0 aliphatic heterocycles. The molecular formula is C37H27N3Na2O9S3. The summed E-state index contributed by atoms with van der Waals surface area (Å²) >= 11 is 0. The molecule has 12 nitrogen and oxygen atoms in total. The van der Waals surface area contributed by atoms with Gasteiger partial charge in [-0.2, -0.15) is 8.42 Å². The van der Waals surface area contributed by atoms with Gasteiger partial charge in [-0.05, 0) is 95.1 Å². The Morgan fingerprint density at radius 3 is 1.63 bits per heavy atom. The third-order valence-electron chi connectivity index (χ3n) is 7.62. The van der Waals surface area contributed by atoms with E-state index < -0.39 is 35.2 Å². The molecule has 5 aromatic carbocycles. The van der Waals surface area contributed by atoms with Crippen molar-refractivity contribution in [3.63, 3.8) is 0 Å². The molecule has 0 spiro atoms. The minimum Gasteiger partial charge on any atom is -0.744 e. The molecule has 17 heteroatoms. The molecular weight excluding hydrogens is 773 g/mol. The predicted octanol–water partition coefficient (Wildman–Crippen LogP) is 0.679. The van der Waals surface area contributed by atoms with Crippen molar-refractivity contribution in [3.8, 4) is 0 Å². The summed E-state index contributed by atoms with van der Waals surface area (Å²) in [5, 5.41) is 2.98. The molecule has 0 saturated heterocycles. The zero-order valence-electron chi connectivity index (χ0n) is 28.8. The van der Waals surface area contributed by atoms with E-state index in [0.717, 1.165) is 16.7 Å². The first kappa shape index (κ1) is 43.1. The van der Waals surface area contributed by atoms with Crippen LogP contribution in [0.1, 0.15) is 11.1 Å². The molecule has 0 bridgehead atoms. The van der Waals surface area contributed by atoms with Crippen molar-refractivity contribution in [2.45, 2.75) is 14.7 Å². The summed E-state index contributed by atoms with van der Waals surface area (Å²) < 4.78 is 101. The van der Waals surface area contributed by atoms with Crippen molar-refractivity contribution in [2.75, 3.05) is 10.8 Å². The molecule has 0 amide bonds. The van der Waals surface area contributed by atoms with Gasteiger partial charge >= 0.3 is 69.2 Å². The van der Waals surface area contributed by atoms with Crippen LogP contribution in [0.4, 0.5) is 22.7 Å². The molecule has 264 valence electrons. The summed E-state index contributed by atoms with van der Waals surface area (Å²) in [6.07, 6.45) is 6.87. The Morgan fingerprint density at radius 1 is 0.556 bits per heavy atom. The van der Waals surface area contributed by atoms with Crippen molar-refractivity contribution in [2.24, 2.45) is 4.99 Å². The minimum atomic E-state index is -4.76. The summed E-state index contributed by atoms with van der Waals surface area (Å²) in [5.41, 5.74) is 6.75. The van der Waals surface area contributed by atoms with Gasteiger partial charge in [-0.15, -0.1) is 4.28 Å². The first-order chi connectivity index (χ1) is 24.8. The van der Waals surface area contributed by atoms with E-state index in [1.54, 1.807) is 103 Å². The summed E-state index contributed by atoms with van der Waals surface area (Å²) in [5.74, 6) is 0. The second-order valence-corrected chi connectivity index (χ2v) is 15.4. The van der Waals surface area contributed by atoms with Gasteiger partial charge < -0.3 is 14.4 Å². The predicted molar refractivity (Wildman–Crippen MR) is 195 cm³/mol. The van der Waals surface area contributed by atoms with Crippen molar-refractivity contribution < 1.29 is 97.8 Å². The first-order valence-electron chi connectivity index (χ1n) is 15.3. The number of allylic oxidation sites excluding steroid dienone is 5. The number of aliphatic imine (C=N–C) groups is 1. The third-order valence-corrected chi connectivity index (χ3v) is 10.6. The second kappa shape index (κ2) is 18.3. The SMILES string of the molecule is O=S(=O)([O-])c1ccccc1N=C1C=CC(=C(c2ccc(NOS(=O)(=O)c3ccccc3)cc2)c2ccc(Nc3ccccc3S(=O)(=O)[O-])cc2)C=C1.[Na+].[Na+]. The zero-order valence-corrected chi connectivity index (χ0v) is 35.2. The number of hydrogen-bond donors (Lipinski definition) is 2. The van der Waals surface area contributed by atoms with Crippen molar-refractivity contribution in [1.82, 2.24) is 0 Å². The van der Waals surface area contributed by atoms with Crippen LogP contribution in [0, 0.1) is 0 Å². The average molecular weight is 800 g/mol. The summed E-state index contributed by atoms with van der Waals surface area (Å²) in [6, 6.07) is 32.9. The number of hydrogen-bond acceptors (Lipinski definition) is 12. The Balaban J connectivity index is 0.00000325. The Bertz CT molecular complexity index is 2580. The molecule has 0 saturated carbocycles. The molecule has 0 aromatic heterocycles. The van der Waals surface area contributed by atoms with E-state index in [9.17, 15) is 34.4 Å². The normalized spacial score (nSPS) is 12.6. The number of nitrogens with zero attached hydrogens (tertiary/aromatic N) is 1. The van der Waals surface area contributed by atoms with Crippen molar-refractivity contribution >= 4 is 64.4 Å². The Morgan fingerprint density at radius 2 is 1.06 bits per heavy atom. The standard InChI is InChI=1S/C37H29N3O9S3.2Na/c41-50(42,43)35-12-6-4-10-33(35)38-29-20-14-26(15-21-29)37(27-16-22-30(23-17-27)39-34-11-5-7-13-36(34)51(44,45)46)28-18-24-31(25-19-28)40-49-52(47,48)32-8-2-1-3-9-32;;/h1-25,38,40H,(H,41,42,43)(H,44,45,46);;/q;2*+1/p-2. The van der Waals surface area contributed by atoms with E-state index in [-0.39, 0.29) is 80.3 Å². The van der Waals surface area contributed by atoms with E-state index >= 15 is 0 Å². The fourth-order valence-corrected chi connectivity index (χ4v) is 7.25. The second-order valence-electron chi connectivity index (χ2n) is 11.1. The maximum Gasteiger partial charge on any atom is 1.00 e. The number of para-hydroxylation sites is 2. The van der Waals surface area contributed by atoms with Crippen LogP contribution in [0.5, 0.6) is 0 Å². The van der Waals surface area contributed by atoms with Gasteiger partial charge in [0.25, 0.3) is 0 Å². The third kappa shape index (κ3) is 10.8. The van der Waals surface area contributed by atoms with E-state index in [1.165, 1.54) is 48.5 Å². The van der Waals surface area contributed by atoms with Gasteiger partial charge in [0.1, 0.15) is 20.2 Å². The first-order valence-corrected chi connectivity index (χ1v) is 19.5. The van der Waals surface area contributed by atoms with Crippen LogP contribution in [-0.4, -0.2) is 40.1 Å². The van der Waals surface area contributed by atoms with E-state index in [2.05, 4.69) is 15.8 Å². The molecule has 1 aliphatic carbocycles. The van der Waals surface area contributed by atoms with Crippen LogP contribution in [0.2, 0.25) is 0 Å². The van der Waals surface area contributed by atoms with Crippen LogP contribution in [-0.2, 0) is 34.6 Å². The molecule has 0 atom stereocenters. The van der Waals surface area contributed by atoms with Gasteiger partial charge in [-0.3, -0.25) is 0 Å². The van der Waals surface area contributed by atoms with Crippen LogP contribution in [0.25, 0.3) is 5.57 Å². The van der Waals surface area contributed by atoms with Crippen LogP contribution >= 0.6 is 0 Å². The maximum absolute atomic E-state index is 12.6. The molecule has 0 radical (unpaired) electrons.